The number of halogens is 1. The summed E-state index contributed by atoms with van der Waals surface area (Å²) in [6.45, 7) is 3.29. The predicted molar refractivity (Wildman–Crippen MR) is 113 cm³/mol. The summed E-state index contributed by atoms with van der Waals surface area (Å²) in [4.78, 5) is 9.45. The zero-order chi connectivity index (χ0) is 19.5. The van der Waals surface area contributed by atoms with Gasteiger partial charge in [-0.05, 0) is 37.3 Å². The number of methoxy groups -OCH3 is 1. The van der Waals surface area contributed by atoms with E-state index in [0.717, 1.165) is 39.8 Å². The predicted octanol–water partition coefficient (Wildman–Crippen LogP) is 5.59. The topological polar surface area (TPSA) is 53.1 Å². The number of hydrogen-bond donors (Lipinski definition) is 0. The van der Waals surface area contributed by atoms with Crippen LogP contribution in [0.5, 0.6) is 0 Å². The summed E-state index contributed by atoms with van der Waals surface area (Å²) < 4.78 is 13.3. The number of rotatable bonds is 7. The first-order valence-corrected chi connectivity index (χ1v) is 10.3. The molecule has 0 N–H and O–H groups in total. The van der Waals surface area contributed by atoms with E-state index in [9.17, 15) is 0 Å². The summed E-state index contributed by atoms with van der Waals surface area (Å²) >= 11 is 7.77. The second-order valence-electron chi connectivity index (χ2n) is 6.35. The first-order valence-electron chi connectivity index (χ1n) is 8.95. The zero-order valence-corrected chi connectivity index (χ0v) is 17.3. The van der Waals surface area contributed by atoms with E-state index in [0.29, 0.717) is 23.3 Å². The third-order valence-corrected chi connectivity index (χ3v) is 5.67. The molecule has 0 saturated carbocycles. The van der Waals surface area contributed by atoms with Crippen molar-refractivity contribution >= 4 is 34.4 Å². The van der Waals surface area contributed by atoms with Crippen LogP contribution in [0.25, 0.3) is 22.5 Å². The van der Waals surface area contributed by atoms with Crippen LogP contribution in [0.1, 0.15) is 11.5 Å². The number of benzene rings is 2. The fourth-order valence-corrected chi connectivity index (χ4v) is 4.20. The number of aryl methyl sites for hydroxylation is 1. The molecule has 2 aromatic heterocycles. The van der Waals surface area contributed by atoms with E-state index in [1.807, 2.05) is 55.5 Å². The van der Waals surface area contributed by atoms with Gasteiger partial charge in [-0.3, -0.25) is 0 Å². The average molecular weight is 414 g/mol. The van der Waals surface area contributed by atoms with Gasteiger partial charge < -0.3 is 13.7 Å². The Morgan fingerprint density at radius 2 is 1.96 bits per heavy atom. The fourth-order valence-electron chi connectivity index (χ4n) is 2.99. The molecule has 0 saturated heterocycles. The minimum Gasteiger partial charge on any atom is -0.441 e. The molecule has 4 aromatic rings. The minimum atomic E-state index is 0.614. The molecule has 5 nitrogen and oxygen atoms in total. The highest BCUT2D eigenvalue weighted by atomic mass is 35.5. The number of imidazole rings is 1. The van der Waals surface area contributed by atoms with Crippen LogP contribution in [0.15, 0.2) is 58.1 Å². The van der Waals surface area contributed by atoms with E-state index in [4.69, 9.17) is 25.7 Å². The molecule has 0 atom stereocenters. The van der Waals surface area contributed by atoms with Gasteiger partial charge in [-0.2, -0.15) is 0 Å². The van der Waals surface area contributed by atoms with Gasteiger partial charge >= 0.3 is 0 Å². The Kier molecular flexibility index (Phi) is 5.71. The van der Waals surface area contributed by atoms with E-state index in [1.165, 1.54) is 0 Å². The van der Waals surface area contributed by atoms with Crippen molar-refractivity contribution in [1.82, 2.24) is 14.5 Å². The van der Waals surface area contributed by atoms with Crippen molar-refractivity contribution in [2.45, 2.75) is 24.4 Å². The van der Waals surface area contributed by atoms with Crippen molar-refractivity contribution in [2.24, 2.45) is 0 Å². The first-order chi connectivity index (χ1) is 13.7. The summed E-state index contributed by atoms with van der Waals surface area (Å²) in [5, 5.41) is 1.60. The van der Waals surface area contributed by atoms with Gasteiger partial charge in [0.15, 0.2) is 5.16 Å². The standard InChI is InChI=1S/C21H20ClN3O2S/c1-14-18(23-20(27-14)15-6-4-3-5-7-15)13-28-21-24-17-12-16(22)8-9-19(17)25(21)10-11-26-2/h3-9,12H,10-11,13H2,1-2H3. The van der Waals surface area contributed by atoms with Crippen molar-refractivity contribution in [3.8, 4) is 11.5 Å². The SMILES string of the molecule is COCCn1c(SCc2nc(-c3ccccc3)oc2C)nc2cc(Cl)ccc21. The highest BCUT2D eigenvalue weighted by Gasteiger charge is 2.15. The minimum absolute atomic E-state index is 0.614. The largest absolute Gasteiger partial charge is 0.441 e. The molecule has 0 radical (unpaired) electrons. The lowest BCUT2D eigenvalue weighted by atomic mass is 10.2. The van der Waals surface area contributed by atoms with Crippen molar-refractivity contribution in [1.29, 1.82) is 0 Å². The molecular weight excluding hydrogens is 394 g/mol. The number of oxazole rings is 1. The van der Waals surface area contributed by atoms with Gasteiger partial charge in [0.2, 0.25) is 5.89 Å². The van der Waals surface area contributed by atoms with Crippen LogP contribution < -0.4 is 0 Å². The number of ether oxygens (including phenoxy) is 1. The van der Waals surface area contributed by atoms with Crippen molar-refractivity contribution in [3.63, 3.8) is 0 Å². The van der Waals surface area contributed by atoms with E-state index in [2.05, 4.69) is 9.55 Å². The monoisotopic (exact) mass is 413 g/mol. The summed E-state index contributed by atoms with van der Waals surface area (Å²) in [6.07, 6.45) is 0. The maximum Gasteiger partial charge on any atom is 0.226 e. The fraction of sp³-hybridized carbons (Fsp3) is 0.238. The normalized spacial score (nSPS) is 11.4. The van der Waals surface area contributed by atoms with Gasteiger partial charge in [-0.15, -0.1) is 0 Å². The quantitative estimate of drug-likeness (QED) is 0.369. The average Bonchev–Trinajstić information content (AvgIpc) is 3.24. The molecule has 0 amide bonds. The maximum atomic E-state index is 6.14. The molecule has 2 heterocycles. The van der Waals surface area contributed by atoms with Crippen LogP contribution in [-0.4, -0.2) is 28.3 Å². The van der Waals surface area contributed by atoms with Crippen molar-refractivity contribution in [2.75, 3.05) is 13.7 Å². The van der Waals surface area contributed by atoms with Crippen LogP contribution in [0.4, 0.5) is 0 Å². The zero-order valence-electron chi connectivity index (χ0n) is 15.7. The highest BCUT2D eigenvalue weighted by molar-refractivity contribution is 7.98. The summed E-state index contributed by atoms with van der Waals surface area (Å²) in [7, 11) is 1.70. The molecule has 144 valence electrons. The van der Waals surface area contributed by atoms with Gasteiger partial charge in [-0.1, -0.05) is 41.6 Å². The molecule has 0 bridgehead atoms. The lowest BCUT2D eigenvalue weighted by Crippen LogP contribution is -2.05. The Morgan fingerprint density at radius 1 is 1.14 bits per heavy atom. The maximum absolute atomic E-state index is 6.14. The molecule has 0 unspecified atom stereocenters. The summed E-state index contributed by atoms with van der Waals surface area (Å²) in [6, 6.07) is 15.7. The number of fused-ring (bicyclic) bond motifs is 1. The van der Waals surface area contributed by atoms with Crippen LogP contribution >= 0.6 is 23.4 Å². The Labute approximate surface area is 172 Å². The molecule has 0 aliphatic heterocycles. The van der Waals surface area contributed by atoms with Crippen molar-refractivity contribution < 1.29 is 9.15 Å². The number of aromatic nitrogens is 3. The third-order valence-electron chi connectivity index (χ3n) is 4.45. The van der Waals surface area contributed by atoms with Gasteiger partial charge in [0.1, 0.15) is 5.76 Å². The number of hydrogen-bond acceptors (Lipinski definition) is 5. The highest BCUT2D eigenvalue weighted by Crippen LogP contribution is 2.30. The lowest BCUT2D eigenvalue weighted by Gasteiger charge is -2.07. The van der Waals surface area contributed by atoms with E-state index < -0.39 is 0 Å². The van der Waals surface area contributed by atoms with Gasteiger partial charge in [-0.25, -0.2) is 9.97 Å². The van der Waals surface area contributed by atoms with E-state index in [-0.39, 0.29) is 0 Å². The van der Waals surface area contributed by atoms with E-state index in [1.54, 1.807) is 18.9 Å². The van der Waals surface area contributed by atoms with Gasteiger partial charge in [0.25, 0.3) is 0 Å². The second-order valence-corrected chi connectivity index (χ2v) is 7.73. The van der Waals surface area contributed by atoms with Crippen LogP contribution in [0, 0.1) is 6.92 Å². The smallest absolute Gasteiger partial charge is 0.226 e. The van der Waals surface area contributed by atoms with Crippen molar-refractivity contribution in [3.05, 3.63) is 65.0 Å². The van der Waals surface area contributed by atoms with E-state index >= 15 is 0 Å². The Bertz CT molecular complexity index is 1090. The van der Waals surface area contributed by atoms with Gasteiger partial charge in [0, 0.05) is 30.0 Å². The molecule has 2 aromatic carbocycles. The van der Waals surface area contributed by atoms with Gasteiger partial charge in [0.05, 0.1) is 23.3 Å². The Balaban J connectivity index is 1.59. The first kappa shape index (κ1) is 19.1. The Hall–Kier alpha value is -2.28. The lowest BCUT2D eigenvalue weighted by molar-refractivity contribution is 0.186. The molecule has 7 heteroatoms. The summed E-state index contributed by atoms with van der Waals surface area (Å²) in [5.41, 5.74) is 3.83. The molecule has 4 rings (SSSR count). The molecule has 28 heavy (non-hydrogen) atoms. The Morgan fingerprint density at radius 3 is 2.75 bits per heavy atom. The second kappa shape index (κ2) is 8.39. The third kappa shape index (κ3) is 3.94. The number of thioether (sulfide) groups is 1. The number of nitrogens with zero attached hydrogens (tertiary/aromatic N) is 3. The molecule has 0 aliphatic rings. The summed E-state index contributed by atoms with van der Waals surface area (Å²) in [5.74, 6) is 2.15. The molecule has 0 spiro atoms. The molecule has 0 aliphatic carbocycles. The van der Waals surface area contributed by atoms with Crippen LogP contribution in [0.3, 0.4) is 0 Å². The van der Waals surface area contributed by atoms with Crippen LogP contribution in [0.2, 0.25) is 5.02 Å². The molecular formula is C21H20ClN3O2S. The molecule has 0 fully saturated rings. The van der Waals surface area contributed by atoms with Crippen LogP contribution in [-0.2, 0) is 17.0 Å².